The monoisotopic (exact) mass is 277 g/mol. The highest BCUT2D eigenvalue weighted by Gasteiger charge is 2.07. The van der Waals surface area contributed by atoms with Crippen LogP contribution < -0.4 is 5.56 Å². The van der Waals surface area contributed by atoms with Gasteiger partial charge >= 0.3 is 5.97 Å². The van der Waals surface area contributed by atoms with Crippen molar-refractivity contribution < 1.29 is 9.90 Å². The molecule has 0 saturated heterocycles. The van der Waals surface area contributed by atoms with E-state index in [2.05, 4.69) is 9.97 Å². The molecular formula is C12H11N3O3S. The molecule has 7 heteroatoms. The minimum absolute atomic E-state index is 0.140. The third-order valence-electron chi connectivity index (χ3n) is 2.23. The van der Waals surface area contributed by atoms with Gasteiger partial charge in [0.05, 0.1) is 18.0 Å². The highest BCUT2D eigenvalue weighted by atomic mass is 32.2. The van der Waals surface area contributed by atoms with Gasteiger partial charge in [0.1, 0.15) is 0 Å². The Morgan fingerprint density at radius 3 is 2.89 bits per heavy atom. The van der Waals surface area contributed by atoms with Crippen molar-refractivity contribution in [1.29, 1.82) is 0 Å². The lowest BCUT2D eigenvalue weighted by atomic mass is 10.3. The summed E-state index contributed by atoms with van der Waals surface area (Å²) in [5.74, 6) is -1.09. The SMILES string of the molecule is O=C(O)CSc1nc(=O)ccn1Cc1ccccn1. The van der Waals surface area contributed by atoms with E-state index in [0.29, 0.717) is 11.7 Å². The summed E-state index contributed by atoms with van der Waals surface area (Å²) in [6, 6.07) is 6.87. The van der Waals surface area contributed by atoms with Gasteiger partial charge in [-0.25, -0.2) is 0 Å². The lowest BCUT2D eigenvalue weighted by Gasteiger charge is -2.10. The molecule has 19 heavy (non-hydrogen) atoms. The van der Waals surface area contributed by atoms with Crippen LogP contribution in [0.2, 0.25) is 0 Å². The number of pyridine rings is 1. The van der Waals surface area contributed by atoms with Crippen LogP contribution in [0.3, 0.4) is 0 Å². The van der Waals surface area contributed by atoms with E-state index in [1.165, 1.54) is 6.07 Å². The molecule has 0 aliphatic carbocycles. The molecule has 2 heterocycles. The topological polar surface area (TPSA) is 85.1 Å². The van der Waals surface area contributed by atoms with Gasteiger partial charge in [-0.2, -0.15) is 4.98 Å². The summed E-state index contributed by atoms with van der Waals surface area (Å²) in [5.41, 5.74) is 0.426. The molecule has 2 aromatic rings. The molecular weight excluding hydrogens is 266 g/mol. The molecule has 0 unspecified atom stereocenters. The first-order valence-electron chi connectivity index (χ1n) is 5.47. The molecule has 0 amide bonds. The number of rotatable bonds is 5. The van der Waals surface area contributed by atoms with Gasteiger partial charge in [0, 0.05) is 18.5 Å². The Morgan fingerprint density at radius 1 is 1.37 bits per heavy atom. The van der Waals surface area contributed by atoms with Gasteiger partial charge in [-0.3, -0.25) is 14.6 Å². The third kappa shape index (κ3) is 3.92. The van der Waals surface area contributed by atoms with Crippen LogP contribution in [-0.2, 0) is 11.3 Å². The summed E-state index contributed by atoms with van der Waals surface area (Å²) in [4.78, 5) is 29.8. The van der Waals surface area contributed by atoms with Gasteiger partial charge in [-0.05, 0) is 12.1 Å². The molecule has 0 aromatic carbocycles. The summed E-state index contributed by atoms with van der Waals surface area (Å²) in [5, 5.41) is 9.05. The Balaban J connectivity index is 2.24. The van der Waals surface area contributed by atoms with E-state index in [1.807, 2.05) is 18.2 Å². The van der Waals surface area contributed by atoms with Gasteiger partial charge < -0.3 is 9.67 Å². The first-order valence-corrected chi connectivity index (χ1v) is 6.46. The number of carbonyl (C=O) groups is 1. The first-order chi connectivity index (χ1) is 9.15. The number of hydrogen-bond donors (Lipinski definition) is 1. The maximum absolute atomic E-state index is 11.2. The van der Waals surface area contributed by atoms with E-state index in [9.17, 15) is 9.59 Å². The summed E-state index contributed by atoms with van der Waals surface area (Å²) in [7, 11) is 0. The average Bonchev–Trinajstić information content (AvgIpc) is 2.40. The Bertz CT molecular complexity index is 628. The average molecular weight is 277 g/mol. The zero-order valence-electron chi connectivity index (χ0n) is 9.89. The highest BCUT2D eigenvalue weighted by Crippen LogP contribution is 2.14. The van der Waals surface area contributed by atoms with Crippen molar-refractivity contribution in [2.45, 2.75) is 11.7 Å². The second-order valence-corrected chi connectivity index (χ2v) is 4.62. The fraction of sp³-hybridized carbons (Fsp3) is 0.167. The normalized spacial score (nSPS) is 10.3. The van der Waals surface area contributed by atoms with Crippen LogP contribution in [0, 0.1) is 0 Å². The molecule has 0 saturated carbocycles. The van der Waals surface area contributed by atoms with Crippen molar-refractivity contribution in [3.8, 4) is 0 Å². The van der Waals surface area contributed by atoms with Gasteiger partial charge in [0.15, 0.2) is 5.16 Å². The van der Waals surface area contributed by atoms with Crippen LogP contribution in [0.4, 0.5) is 0 Å². The predicted molar refractivity (Wildman–Crippen MR) is 70.2 cm³/mol. The van der Waals surface area contributed by atoms with Crippen molar-refractivity contribution in [3.05, 3.63) is 52.7 Å². The first kappa shape index (κ1) is 13.3. The fourth-order valence-corrected chi connectivity index (χ4v) is 2.14. The van der Waals surface area contributed by atoms with Crippen molar-refractivity contribution >= 4 is 17.7 Å². The largest absolute Gasteiger partial charge is 0.481 e. The van der Waals surface area contributed by atoms with Crippen LogP contribution in [0.1, 0.15) is 5.69 Å². The molecule has 0 atom stereocenters. The summed E-state index contributed by atoms with van der Waals surface area (Å²) in [6.07, 6.45) is 3.27. The van der Waals surface area contributed by atoms with Crippen LogP contribution >= 0.6 is 11.8 Å². The molecule has 0 aliphatic heterocycles. The number of aromatic nitrogens is 3. The van der Waals surface area contributed by atoms with Crippen molar-refractivity contribution in [1.82, 2.24) is 14.5 Å². The summed E-state index contributed by atoms with van der Waals surface area (Å²) >= 11 is 1.01. The van der Waals surface area contributed by atoms with Gasteiger partial charge in [-0.1, -0.05) is 17.8 Å². The van der Waals surface area contributed by atoms with Gasteiger partial charge in [0.25, 0.3) is 5.56 Å². The Labute approximate surface area is 113 Å². The minimum Gasteiger partial charge on any atom is -0.481 e. The Kier molecular flexibility index (Phi) is 4.30. The maximum Gasteiger partial charge on any atom is 0.313 e. The molecule has 0 radical (unpaired) electrons. The third-order valence-corrected chi connectivity index (χ3v) is 3.21. The number of nitrogens with zero attached hydrogens (tertiary/aromatic N) is 3. The Morgan fingerprint density at radius 2 is 2.21 bits per heavy atom. The molecule has 0 fully saturated rings. The zero-order chi connectivity index (χ0) is 13.7. The number of carboxylic acids is 1. The van der Waals surface area contributed by atoms with Gasteiger partial charge in [-0.15, -0.1) is 0 Å². The number of aliphatic carboxylic acids is 1. The molecule has 0 aliphatic rings. The van der Waals surface area contributed by atoms with E-state index in [4.69, 9.17) is 5.11 Å². The van der Waals surface area contributed by atoms with Crippen molar-refractivity contribution in [3.63, 3.8) is 0 Å². The van der Waals surface area contributed by atoms with E-state index >= 15 is 0 Å². The van der Waals surface area contributed by atoms with E-state index in [0.717, 1.165) is 17.5 Å². The highest BCUT2D eigenvalue weighted by molar-refractivity contribution is 7.99. The molecule has 0 bridgehead atoms. The molecule has 2 rings (SSSR count). The van der Waals surface area contributed by atoms with Crippen LogP contribution in [0.5, 0.6) is 0 Å². The number of carboxylic acid groups (broad SMARTS) is 1. The molecule has 2 aromatic heterocycles. The van der Waals surface area contributed by atoms with Crippen LogP contribution in [0.25, 0.3) is 0 Å². The predicted octanol–water partition coefficient (Wildman–Crippen LogP) is 0.863. The van der Waals surface area contributed by atoms with E-state index in [-0.39, 0.29) is 11.3 Å². The second-order valence-electron chi connectivity index (χ2n) is 3.68. The summed E-state index contributed by atoms with van der Waals surface area (Å²) < 4.78 is 1.71. The van der Waals surface area contributed by atoms with Crippen molar-refractivity contribution in [2.24, 2.45) is 0 Å². The summed E-state index contributed by atoms with van der Waals surface area (Å²) in [6.45, 7) is 0.441. The van der Waals surface area contributed by atoms with E-state index in [1.54, 1.807) is 17.0 Å². The minimum atomic E-state index is -0.951. The molecule has 6 nitrogen and oxygen atoms in total. The zero-order valence-corrected chi connectivity index (χ0v) is 10.7. The number of thioether (sulfide) groups is 1. The molecule has 0 spiro atoms. The lowest BCUT2D eigenvalue weighted by Crippen LogP contribution is -2.15. The smallest absolute Gasteiger partial charge is 0.313 e. The standard InChI is InChI=1S/C12H11N3O3S/c16-10-4-6-15(7-9-3-1-2-5-13-9)12(14-10)19-8-11(17)18/h1-6H,7-8H2,(H,17,18). The maximum atomic E-state index is 11.2. The van der Waals surface area contributed by atoms with E-state index < -0.39 is 5.97 Å². The molecule has 1 N–H and O–H groups in total. The number of hydrogen-bond acceptors (Lipinski definition) is 5. The van der Waals surface area contributed by atoms with Gasteiger partial charge in [0.2, 0.25) is 0 Å². The van der Waals surface area contributed by atoms with Crippen LogP contribution in [-0.4, -0.2) is 31.4 Å². The lowest BCUT2D eigenvalue weighted by molar-refractivity contribution is -0.133. The van der Waals surface area contributed by atoms with Crippen LogP contribution in [0.15, 0.2) is 46.6 Å². The quantitative estimate of drug-likeness (QED) is 0.644. The second kappa shape index (κ2) is 6.14. The van der Waals surface area contributed by atoms with Crippen molar-refractivity contribution in [2.75, 3.05) is 5.75 Å². The fourth-order valence-electron chi connectivity index (χ4n) is 1.44. The Hall–Kier alpha value is -2.15. The molecule has 98 valence electrons.